The molecule has 39 heavy (non-hydrogen) atoms. The molecule has 0 fully saturated rings. The van der Waals surface area contributed by atoms with Crippen molar-refractivity contribution in [3.05, 3.63) is 23.8 Å². The Labute approximate surface area is 233 Å². The Morgan fingerprint density at radius 2 is 1.38 bits per heavy atom. The lowest BCUT2D eigenvalue weighted by Crippen LogP contribution is -2.51. The number of nitrogens with two attached hydrogens (primary N) is 1. The van der Waals surface area contributed by atoms with E-state index in [1.807, 2.05) is 34.6 Å². The third-order valence-electron chi connectivity index (χ3n) is 7.20. The first kappa shape index (κ1) is 34.1. The second-order valence-corrected chi connectivity index (χ2v) is 11.1. The van der Waals surface area contributed by atoms with Gasteiger partial charge in [0.05, 0.1) is 31.5 Å². The molecule has 0 aromatic heterocycles. The van der Waals surface area contributed by atoms with Crippen LogP contribution in [-0.4, -0.2) is 43.1 Å². The van der Waals surface area contributed by atoms with Crippen LogP contribution in [0, 0.1) is 29.6 Å². The van der Waals surface area contributed by atoms with Crippen LogP contribution in [0.5, 0.6) is 11.5 Å². The Morgan fingerprint density at radius 1 is 0.846 bits per heavy atom. The van der Waals surface area contributed by atoms with Gasteiger partial charge >= 0.3 is 23.9 Å². The van der Waals surface area contributed by atoms with Crippen LogP contribution in [0.3, 0.4) is 0 Å². The first-order valence-electron chi connectivity index (χ1n) is 13.8. The molecule has 1 aromatic carbocycles. The molecule has 4 atom stereocenters. The van der Waals surface area contributed by atoms with Crippen molar-refractivity contribution in [2.45, 2.75) is 86.6 Å². The van der Waals surface area contributed by atoms with Crippen molar-refractivity contribution in [2.24, 2.45) is 35.3 Å². The maximum Gasteiger partial charge on any atom is 0.326 e. The zero-order valence-electron chi connectivity index (χ0n) is 25.0. The second kappa shape index (κ2) is 15.6. The standard InChI is InChI=1S/C30H47NO8/c1-10-11-20(6)26(32)37-15-14-30(31,29(35)36-9)17-23-12-13-24(38-27(33)21(7)18(2)3)25(16-23)39-28(34)22(8)19(4)5/h12-13,16,18-22H,10-11,14-15,17,31H2,1-9H3/t20-,21?,22?,30?/m0/s1. The lowest BCUT2D eigenvalue weighted by atomic mass is 9.88. The van der Waals surface area contributed by atoms with Crippen LogP contribution in [0.25, 0.3) is 0 Å². The van der Waals surface area contributed by atoms with Crippen molar-refractivity contribution >= 4 is 23.9 Å². The van der Waals surface area contributed by atoms with Crippen molar-refractivity contribution in [2.75, 3.05) is 13.7 Å². The largest absolute Gasteiger partial charge is 0.468 e. The minimum Gasteiger partial charge on any atom is -0.468 e. The Balaban J connectivity index is 3.26. The summed E-state index contributed by atoms with van der Waals surface area (Å²) in [6, 6.07) is 4.70. The van der Waals surface area contributed by atoms with Crippen molar-refractivity contribution in [1.82, 2.24) is 0 Å². The number of methoxy groups -OCH3 is 1. The van der Waals surface area contributed by atoms with Gasteiger partial charge in [-0.25, -0.2) is 0 Å². The zero-order chi connectivity index (χ0) is 29.9. The van der Waals surface area contributed by atoms with E-state index in [4.69, 9.17) is 24.7 Å². The maximum absolute atomic E-state index is 12.8. The van der Waals surface area contributed by atoms with Gasteiger partial charge in [-0.15, -0.1) is 0 Å². The molecule has 0 spiro atoms. The first-order valence-corrected chi connectivity index (χ1v) is 13.8. The predicted molar refractivity (Wildman–Crippen MR) is 148 cm³/mol. The molecule has 1 rings (SSSR count). The van der Waals surface area contributed by atoms with E-state index in [9.17, 15) is 19.2 Å². The van der Waals surface area contributed by atoms with Gasteiger partial charge in [-0.05, 0) is 36.0 Å². The Kier molecular flexibility index (Phi) is 13.6. The van der Waals surface area contributed by atoms with Crippen molar-refractivity contribution in [3.63, 3.8) is 0 Å². The smallest absolute Gasteiger partial charge is 0.326 e. The van der Waals surface area contributed by atoms with E-state index in [-0.39, 0.29) is 60.6 Å². The van der Waals surface area contributed by atoms with Crippen LogP contribution in [0.1, 0.15) is 80.2 Å². The second-order valence-electron chi connectivity index (χ2n) is 11.1. The number of rotatable bonds is 15. The third-order valence-corrected chi connectivity index (χ3v) is 7.20. The van der Waals surface area contributed by atoms with Crippen LogP contribution in [-0.2, 0) is 35.1 Å². The summed E-state index contributed by atoms with van der Waals surface area (Å²) in [6.45, 7) is 14.9. The van der Waals surface area contributed by atoms with E-state index in [0.29, 0.717) is 12.0 Å². The van der Waals surface area contributed by atoms with Gasteiger partial charge in [0, 0.05) is 12.8 Å². The van der Waals surface area contributed by atoms with Crippen molar-refractivity contribution in [1.29, 1.82) is 0 Å². The summed E-state index contributed by atoms with van der Waals surface area (Å²) in [5, 5.41) is 0. The average molecular weight is 550 g/mol. The molecule has 0 bridgehead atoms. The van der Waals surface area contributed by atoms with Crippen molar-refractivity contribution in [3.8, 4) is 11.5 Å². The van der Waals surface area contributed by atoms with E-state index < -0.39 is 29.4 Å². The van der Waals surface area contributed by atoms with Gasteiger partial charge in [0.25, 0.3) is 0 Å². The molecule has 1 aromatic rings. The molecule has 220 valence electrons. The van der Waals surface area contributed by atoms with Crippen LogP contribution in [0.15, 0.2) is 18.2 Å². The van der Waals surface area contributed by atoms with Gasteiger partial charge in [0.15, 0.2) is 11.5 Å². The summed E-state index contributed by atoms with van der Waals surface area (Å²) < 4.78 is 21.6. The van der Waals surface area contributed by atoms with Crippen LogP contribution < -0.4 is 15.2 Å². The number of hydrogen-bond donors (Lipinski definition) is 1. The lowest BCUT2D eigenvalue weighted by Gasteiger charge is -2.27. The number of benzene rings is 1. The third kappa shape index (κ3) is 10.3. The van der Waals surface area contributed by atoms with Gasteiger partial charge in [-0.2, -0.15) is 0 Å². The normalized spacial score (nSPS) is 15.2. The van der Waals surface area contributed by atoms with E-state index in [2.05, 4.69) is 0 Å². The minimum atomic E-state index is -1.51. The SMILES string of the molecule is CCC[C@H](C)C(=O)OCCC(N)(Cc1ccc(OC(=O)C(C)C(C)C)c(OC(=O)C(C)C(C)C)c1)C(=O)OC. The fraction of sp³-hybridized carbons (Fsp3) is 0.667. The van der Waals surface area contributed by atoms with Crippen LogP contribution in [0.4, 0.5) is 0 Å². The van der Waals surface area contributed by atoms with E-state index in [1.165, 1.54) is 19.2 Å². The predicted octanol–water partition coefficient (Wildman–Crippen LogP) is 4.86. The first-order chi connectivity index (χ1) is 18.2. The molecule has 0 heterocycles. The van der Waals surface area contributed by atoms with Crippen LogP contribution in [0.2, 0.25) is 0 Å². The topological polar surface area (TPSA) is 131 Å². The van der Waals surface area contributed by atoms with Gasteiger partial charge in [0.2, 0.25) is 0 Å². The molecule has 9 nitrogen and oxygen atoms in total. The number of carbonyl (C=O) groups excluding carboxylic acids is 4. The highest BCUT2D eigenvalue weighted by Crippen LogP contribution is 2.33. The highest BCUT2D eigenvalue weighted by atomic mass is 16.6. The average Bonchev–Trinajstić information content (AvgIpc) is 2.88. The molecule has 0 saturated heterocycles. The quantitative estimate of drug-likeness (QED) is 0.240. The molecular formula is C30H47NO8. The summed E-state index contributed by atoms with van der Waals surface area (Å²) in [4.78, 5) is 50.3. The van der Waals surface area contributed by atoms with E-state index >= 15 is 0 Å². The molecule has 3 unspecified atom stereocenters. The summed E-state index contributed by atoms with van der Waals surface area (Å²) >= 11 is 0. The minimum absolute atomic E-state index is 0.00262. The summed E-state index contributed by atoms with van der Waals surface area (Å²) in [6.07, 6.45) is 1.58. The highest BCUT2D eigenvalue weighted by Gasteiger charge is 2.36. The Morgan fingerprint density at radius 3 is 1.87 bits per heavy atom. The number of hydrogen-bond acceptors (Lipinski definition) is 9. The monoisotopic (exact) mass is 549 g/mol. The molecule has 0 aliphatic rings. The molecule has 0 aliphatic carbocycles. The van der Waals surface area contributed by atoms with Gasteiger partial charge in [0.1, 0.15) is 5.54 Å². The fourth-order valence-corrected chi connectivity index (χ4v) is 3.63. The molecular weight excluding hydrogens is 502 g/mol. The van der Waals surface area contributed by atoms with E-state index in [1.54, 1.807) is 26.8 Å². The summed E-state index contributed by atoms with van der Waals surface area (Å²) in [5.41, 5.74) is 5.51. The van der Waals surface area contributed by atoms with Crippen LogP contribution >= 0.6 is 0 Å². The molecule has 0 saturated carbocycles. The fourth-order valence-electron chi connectivity index (χ4n) is 3.63. The zero-order valence-corrected chi connectivity index (χ0v) is 25.0. The van der Waals surface area contributed by atoms with Gasteiger partial charge in [-0.1, -0.05) is 67.9 Å². The van der Waals surface area contributed by atoms with Crippen molar-refractivity contribution < 1.29 is 38.1 Å². The molecule has 0 radical (unpaired) electrons. The van der Waals surface area contributed by atoms with Gasteiger partial charge in [-0.3, -0.25) is 19.2 Å². The highest BCUT2D eigenvalue weighted by molar-refractivity contribution is 5.81. The number of carbonyl (C=O) groups is 4. The Hall–Kier alpha value is -2.94. The maximum atomic E-state index is 12.8. The Bertz CT molecular complexity index is 989. The summed E-state index contributed by atoms with van der Waals surface area (Å²) in [5.74, 6) is -2.73. The number of esters is 4. The molecule has 9 heteroatoms. The number of ether oxygens (including phenoxy) is 4. The van der Waals surface area contributed by atoms with Gasteiger partial charge < -0.3 is 24.7 Å². The summed E-state index contributed by atoms with van der Waals surface area (Å²) in [7, 11) is 1.23. The molecule has 2 N–H and O–H groups in total. The van der Waals surface area contributed by atoms with E-state index in [0.717, 1.165) is 6.42 Å². The molecule has 0 aliphatic heterocycles. The lowest BCUT2D eigenvalue weighted by molar-refractivity contribution is -0.153. The molecule has 0 amide bonds.